The molecule has 3 N–H and O–H groups in total. The minimum absolute atomic E-state index is 0.102. The van der Waals surface area contributed by atoms with E-state index < -0.39 is 0 Å². The number of aryl methyl sites for hydroxylation is 1. The number of nitrogens with one attached hydrogen (secondary N) is 1. The molecule has 7 nitrogen and oxygen atoms in total. The summed E-state index contributed by atoms with van der Waals surface area (Å²) in [7, 11) is 1.83. The van der Waals surface area contributed by atoms with Gasteiger partial charge in [-0.2, -0.15) is 0 Å². The lowest BCUT2D eigenvalue weighted by atomic mass is 10.3. The van der Waals surface area contributed by atoms with Gasteiger partial charge in [0.2, 0.25) is 5.91 Å². The van der Waals surface area contributed by atoms with Gasteiger partial charge in [0.15, 0.2) is 5.82 Å². The Morgan fingerprint density at radius 2 is 2.33 bits per heavy atom. The van der Waals surface area contributed by atoms with Crippen LogP contribution in [0.4, 0.5) is 5.69 Å². The lowest BCUT2D eigenvalue weighted by Crippen LogP contribution is -2.29. The molecule has 21 heavy (non-hydrogen) atoms. The van der Waals surface area contributed by atoms with Gasteiger partial charge in [0.25, 0.3) is 0 Å². The fourth-order valence-electron chi connectivity index (χ4n) is 1.93. The van der Waals surface area contributed by atoms with Gasteiger partial charge in [-0.05, 0) is 19.1 Å². The third-order valence-electron chi connectivity index (χ3n) is 2.97. The molecule has 1 aromatic carbocycles. The van der Waals surface area contributed by atoms with Gasteiger partial charge in [0.05, 0.1) is 19.1 Å². The Morgan fingerprint density at radius 1 is 1.52 bits per heavy atom. The van der Waals surface area contributed by atoms with Crippen molar-refractivity contribution in [1.29, 1.82) is 0 Å². The van der Waals surface area contributed by atoms with Crippen LogP contribution in [-0.4, -0.2) is 27.3 Å². The van der Waals surface area contributed by atoms with E-state index in [4.69, 9.17) is 10.5 Å². The number of hydrogen-bond acceptors (Lipinski definition) is 5. The Kier molecular flexibility index (Phi) is 4.76. The van der Waals surface area contributed by atoms with E-state index in [0.29, 0.717) is 23.9 Å². The quantitative estimate of drug-likeness (QED) is 0.775. The summed E-state index contributed by atoms with van der Waals surface area (Å²) in [6, 6.07) is 6.91. The van der Waals surface area contributed by atoms with Gasteiger partial charge < -0.3 is 20.4 Å². The van der Waals surface area contributed by atoms with Gasteiger partial charge in [0, 0.05) is 18.8 Å². The predicted octanol–water partition coefficient (Wildman–Crippen LogP) is 1.04. The molecule has 0 aliphatic carbocycles. The summed E-state index contributed by atoms with van der Waals surface area (Å²) in [6.07, 6.45) is 1.86. The normalized spacial score (nSPS) is 11.9. The molecule has 0 saturated heterocycles. The fraction of sp³-hybridized carbons (Fsp3) is 0.357. The first-order chi connectivity index (χ1) is 10.1. The standard InChI is InChI=1S/C14H19N5O2/c1-10(14-18-16-9-19(14)2)17-13(20)6-7-21-12-5-3-4-11(15)8-12/h3-5,8-10H,6-7,15H2,1-2H3,(H,17,20). The van der Waals surface area contributed by atoms with E-state index in [1.54, 1.807) is 35.2 Å². The van der Waals surface area contributed by atoms with E-state index in [0.717, 1.165) is 0 Å². The molecule has 112 valence electrons. The summed E-state index contributed by atoms with van der Waals surface area (Å²) >= 11 is 0. The summed E-state index contributed by atoms with van der Waals surface area (Å²) in [5.74, 6) is 1.26. The highest BCUT2D eigenvalue weighted by Crippen LogP contribution is 2.14. The number of anilines is 1. The Hall–Kier alpha value is -2.57. The molecule has 1 atom stereocenters. The molecule has 1 amide bonds. The third-order valence-corrected chi connectivity index (χ3v) is 2.97. The monoisotopic (exact) mass is 289 g/mol. The maximum atomic E-state index is 11.8. The van der Waals surface area contributed by atoms with E-state index in [-0.39, 0.29) is 18.4 Å². The number of carbonyl (C=O) groups is 1. The van der Waals surface area contributed by atoms with Crippen molar-refractivity contribution in [3.05, 3.63) is 36.4 Å². The Morgan fingerprint density at radius 3 is 3.00 bits per heavy atom. The lowest BCUT2D eigenvalue weighted by Gasteiger charge is -2.13. The van der Waals surface area contributed by atoms with Crippen LogP contribution in [0.1, 0.15) is 25.2 Å². The highest BCUT2D eigenvalue weighted by Gasteiger charge is 2.14. The molecule has 0 radical (unpaired) electrons. The van der Waals surface area contributed by atoms with Gasteiger partial charge in [-0.25, -0.2) is 0 Å². The fourth-order valence-corrected chi connectivity index (χ4v) is 1.93. The molecule has 1 aromatic heterocycles. The minimum Gasteiger partial charge on any atom is -0.493 e. The minimum atomic E-state index is -0.197. The molecule has 2 aromatic rings. The molecular formula is C14H19N5O2. The van der Waals surface area contributed by atoms with Gasteiger partial charge in [-0.3, -0.25) is 4.79 Å². The Bertz CT molecular complexity index is 611. The van der Waals surface area contributed by atoms with Crippen LogP contribution >= 0.6 is 0 Å². The first-order valence-electron chi connectivity index (χ1n) is 6.68. The van der Waals surface area contributed by atoms with Gasteiger partial charge in [0.1, 0.15) is 12.1 Å². The number of ether oxygens (including phenoxy) is 1. The smallest absolute Gasteiger partial charge is 0.224 e. The number of hydrogen-bond donors (Lipinski definition) is 2. The molecule has 0 saturated carbocycles. The van der Waals surface area contributed by atoms with Crippen LogP contribution in [0.25, 0.3) is 0 Å². The Balaban J connectivity index is 1.76. The predicted molar refractivity (Wildman–Crippen MR) is 78.5 cm³/mol. The van der Waals surface area contributed by atoms with Gasteiger partial charge >= 0.3 is 0 Å². The molecule has 7 heteroatoms. The third kappa shape index (κ3) is 4.20. The number of aromatic nitrogens is 3. The van der Waals surface area contributed by atoms with Crippen LogP contribution in [0.15, 0.2) is 30.6 Å². The highest BCUT2D eigenvalue weighted by molar-refractivity contribution is 5.76. The van der Waals surface area contributed by atoms with E-state index in [1.807, 2.05) is 14.0 Å². The molecular weight excluding hydrogens is 270 g/mol. The molecule has 0 aliphatic rings. The van der Waals surface area contributed by atoms with Crippen LogP contribution in [0.5, 0.6) is 5.75 Å². The zero-order chi connectivity index (χ0) is 15.2. The lowest BCUT2D eigenvalue weighted by molar-refractivity contribution is -0.122. The second kappa shape index (κ2) is 6.74. The number of rotatable bonds is 6. The van der Waals surface area contributed by atoms with E-state index in [2.05, 4.69) is 15.5 Å². The van der Waals surface area contributed by atoms with Crippen molar-refractivity contribution in [2.75, 3.05) is 12.3 Å². The van der Waals surface area contributed by atoms with Crippen molar-refractivity contribution in [1.82, 2.24) is 20.1 Å². The average Bonchev–Trinajstić information content (AvgIpc) is 2.85. The number of nitrogens with zero attached hydrogens (tertiary/aromatic N) is 3. The summed E-state index contributed by atoms with van der Waals surface area (Å²) < 4.78 is 7.25. The number of nitrogens with two attached hydrogens (primary N) is 1. The molecule has 1 unspecified atom stereocenters. The largest absolute Gasteiger partial charge is 0.493 e. The van der Waals surface area contributed by atoms with Gasteiger partial charge in [-0.1, -0.05) is 6.07 Å². The summed E-state index contributed by atoms with van der Waals surface area (Å²) in [5.41, 5.74) is 6.28. The summed E-state index contributed by atoms with van der Waals surface area (Å²) in [5, 5.41) is 10.6. The topological polar surface area (TPSA) is 95.1 Å². The molecule has 0 aliphatic heterocycles. The number of carbonyl (C=O) groups excluding carboxylic acids is 1. The molecule has 2 rings (SSSR count). The van der Waals surface area contributed by atoms with Crippen molar-refractivity contribution in [2.24, 2.45) is 7.05 Å². The van der Waals surface area contributed by atoms with E-state index in [1.165, 1.54) is 0 Å². The Labute approximate surface area is 123 Å². The number of amides is 1. The first-order valence-corrected chi connectivity index (χ1v) is 6.68. The maximum Gasteiger partial charge on any atom is 0.224 e. The van der Waals surface area contributed by atoms with Crippen LogP contribution in [0.2, 0.25) is 0 Å². The number of nitrogen functional groups attached to an aromatic ring is 1. The van der Waals surface area contributed by atoms with E-state index >= 15 is 0 Å². The molecule has 1 heterocycles. The first kappa shape index (κ1) is 14.8. The van der Waals surface area contributed by atoms with Gasteiger partial charge in [-0.15, -0.1) is 10.2 Å². The zero-order valence-corrected chi connectivity index (χ0v) is 12.1. The zero-order valence-electron chi connectivity index (χ0n) is 12.1. The van der Waals surface area contributed by atoms with Crippen LogP contribution in [0.3, 0.4) is 0 Å². The second-order valence-electron chi connectivity index (χ2n) is 4.76. The molecule has 0 fully saturated rings. The average molecular weight is 289 g/mol. The molecule has 0 spiro atoms. The van der Waals surface area contributed by atoms with Crippen LogP contribution in [0, 0.1) is 0 Å². The van der Waals surface area contributed by atoms with Crippen LogP contribution < -0.4 is 15.8 Å². The van der Waals surface area contributed by atoms with Crippen molar-refractivity contribution < 1.29 is 9.53 Å². The highest BCUT2D eigenvalue weighted by atomic mass is 16.5. The summed E-state index contributed by atoms with van der Waals surface area (Å²) in [6.45, 7) is 2.15. The summed E-state index contributed by atoms with van der Waals surface area (Å²) in [4.78, 5) is 11.8. The van der Waals surface area contributed by atoms with Crippen molar-refractivity contribution in [2.45, 2.75) is 19.4 Å². The number of benzene rings is 1. The van der Waals surface area contributed by atoms with Crippen molar-refractivity contribution in [3.8, 4) is 5.75 Å². The van der Waals surface area contributed by atoms with Crippen molar-refractivity contribution in [3.63, 3.8) is 0 Å². The second-order valence-corrected chi connectivity index (χ2v) is 4.76. The van der Waals surface area contributed by atoms with Crippen LogP contribution in [-0.2, 0) is 11.8 Å². The van der Waals surface area contributed by atoms with E-state index in [9.17, 15) is 4.79 Å². The SMILES string of the molecule is CC(NC(=O)CCOc1cccc(N)c1)c1nncn1C. The maximum absolute atomic E-state index is 11.8. The van der Waals surface area contributed by atoms with Crippen molar-refractivity contribution >= 4 is 11.6 Å². The molecule has 0 bridgehead atoms.